The Hall–Kier alpha value is -3.13. The Morgan fingerprint density at radius 3 is 2.47 bits per heavy atom. The Kier molecular flexibility index (Phi) is 5.34. The van der Waals surface area contributed by atoms with Crippen LogP contribution in [0.4, 0.5) is 10.5 Å². The largest absolute Gasteiger partial charge is 0.444 e. The molecular weight excluding hydrogens is 382 g/mol. The third-order valence-electron chi connectivity index (χ3n) is 5.09. The zero-order valence-electron chi connectivity index (χ0n) is 17.6. The number of piperazine rings is 1. The fourth-order valence-corrected chi connectivity index (χ4v) is 3.58. The van der Waals surface area contributed by atoms with Gasteiger partial charge >= 0.3 is 6.09 Å². The molecule has 30 heavy (non-hydrogen) atoms. The van der Waals surface area contributed by atoms with E-state index in [9.17, 15) is 9.90 Å². The van der Waals surface area contributed by atoms with Crippen molar-refractivity contribution in [3.05, 3.63) is 48.4 Å². The fraction of sp³-hybridized carbons (Fsp3) is 0.409. The number of rotatable bonds is 3. The minimum absolute atomic E-state index is 0.141. The summed E-state index contributed by atoms with van der Waals surface area (Å²) in [4.78, 5) is 20.5. The number of imidazole rings is 1. The molecule has 0 spiro atoms. The third kappa shape index (κ3) is 4.23. The molecule has 1 amide bonds. The van der Waals surface area contributed by atoms with Crippen molar-refractivity contribution in [1.82, 2.24) is 19.5 Å². The molecule has 4 rings (SSSR count). The van der Waals surface area contributed by atoms with Crippen LogP contribution < -0.4 is 4.90 Å². The number of aliphatic hydroxyl groups excluding tert-OH is 1. The summed E-state index contributed by atoms with van der Waals surface area (Å²) in [5, 5.41) is 14.2. The van der Waals surface area contributed by atoms with Crippen LogP contribution in [0.15, 0.2) is 42.7 Å². The van der Waals surface area contributed by atoms with E-state index in [1.54, 1.807) is 21.8 Å². The molecule has 0 aliphatic carbocycles. The van der Waals surface area contributed by atoms with Crippen LogP contribution >= 0.6 is 0 Å². The van der Waals surface area contributed by atoms with Gasteiger partial charge < -0.3 is 19.6 Å². The molecule has 1 aliphatic rings. The van der Waals surface area contributed by atoms with Crippen LogP contribution in [-0.2, 0) is 11.3 Å². The number of fused-ring (bicyclic) bond motifs is 1. The van der Waals surface area contributed by atoms with Crippen LogP contribution in [0.5, 0.6) is 0 Å². The van der Waals surface area contributed by atoms with Crippen LogP contribution in [-0.4, -0.2) is 62.5 Å². The quantitative estimate of drug-likeness (QED) is 0.716. The predicted molar refractivity (Wildman–Crippen MR) is 114 cm³/mol. The van der Waals surface area contributed by atoms with Crippen molar-refractivity contribution >= 4 is 17.4 Å². The maximum atomic E-state index is 12.2. The first-order chi connectivity index (χ1) is 14.3. The first-order valence-corrected chi connectivity index (χ1v) is 10.1. The standard InChI is InChI=1S/C22H27N5O3/c1-22(2,3)30-21(29)26-12-10-25(11-13-26)17-6-4-16(5-7-17)18-14-20-23-8-9-27(20)24-19(18)15-28/h4-9,14,28H,10-13,15H2,1-3H3. The average molecular weight is 409 g/mol. The molecule has 8 heteroatoms. The minimum atomic E-state index is -0.480. The minimum Gasteiger partial charge on any atom is -0.444 e. The highest BCUT2D eigenvalue weighted by molar-refractivity contribution is 5.72. The number of hydrogen-bond donors (Lipinski definition) is 1. The lowest BCUT2D eigenvalue weighted by atomic mass is 10.0. The lowest BCUT2D eigenvalue weighted by molar-refractivity contribution is 0.0240. The molecule has 3 aromatic rings. The van der Waals surface area contributed by atoms with E-state index in [0.717, 1.165) is 35.6 Å². The Morgan fingerprint density at radius 2 is 1.83 bits per heavy atom. The van der Waals surface area contributed by atoms with Gasteiger partial charge in [0, 0.05) is 49.8 Å². The molecule has 0 saturated carbocycles. The highest BCUT2D eigenvalue weighted by Crippen LogP contribution is 2.27. The van der Waals surface area contributed by atoms with E-state index in [2.05, 4.69) is 27.1 Å². The van der Waals surface area contributed by atoms with Crippen LogP contribution in [0.3, 0.4) is 0 Å². The van der Waals surface area contributed by atoms with Gasteiger partial charge in [-0.3, -0.25) is 0 Å². The molecule has 8 nitrogen and oxygen atoms in total. The van der Waals surface area contributed by atoms with Crippen molar-refractivity contribution in [3.8, 4) is 11.1 Å². The van der Waals surface area contributed by atoms with Crippen molar-refractivity contribution in [2.45, 2.75) is 33.0 Å². The summed E-state index contributed by atoms with van der Waals surface area (Å²) < 4.78 is 7.12. The molecule has 0 bridgehead atoms. The van der Waals surface area contributed by atoms with E-state index in [-0.39, 0.29) is 12.7 Å². The summed E-state index contributed by atoms with van der Waals surface area (Å²) in [5.74, 6) is 0. The summed E-state index contributed by atoms with van der Waals surface area (Å²) in [6, 6.07) is 10.1. The highest BCUT2D eigenvalue weighted by Gasteiger charge is 2.26. The maximum Gasteiger partial charge on any atom is 0.410 e. The number of carbonyl (C=O) groups excluding carboxylic acids is 1. The van der Waals surface area contributed by atoms with Gasteiger partial charge in [-0.05, 0) is 44.5 Å². The van der Waals surface area contributed by atoms with Crippen LogP contribution in [0.25, 0.3) is 16.8 Å². The van der Waals surface area contributed by atoms with Crippen molar-refractivity contribution < 1.29 is 14.6 Å². The van der Waals surface area contributed by atoms with E-state index in [1.165, 1.54) is 0 Å². The third-order valence-corrected chi connectivity index (χ3v) is 5.09. The normalized spacial score (nSPS) is 14.9. The van der Waals surface area contributed by atoms with Gasteiger partial charge in [-0.2, -0.15) is 5.10 Å². The number of benzene rings is 1. The Bertz CT molecular complexity index is 1030. The number of anilines is 1. The Morgan fingerprint density at radius 1 is 1.13 bits per heavy atom. The molecule has 1 fully saturated rings. The van der Waals surface area contributed by atoms with Crippen LogP contribution in [0, 0.1) is 0 Å². The molecule has 1 aromatic carbocycles. The van der Waals surface area contributed by atoms with Crippen molar-refractivity contribution in [2.24, 2.45) is 0 Å². The second-order valence-electron chi connectivity index (χ2n) is 8.39. The molecule has 1 aliphatic heterocycles. The van der Waals surface area contributed by atoms with Crippen LogP contribution in [0.2, 0.25) is 0 Å². The van der Waals surface area contributed by atoms with Gasteiger partial charge in [-0.15, -0.1) is 0 Å². The number of hydrogen-bond acceptors (Lipinski definition) is 6. The topological polar surface area (TPSA) is 83.2 Å². The summed E-state index contributed by atoms with van der Waals surface area (Å²) in [6.07, 6.45) is 3.20. The van der Waals surface area contributed by atoms with E-state index in [1.807, 2.05) is 39.0 Å². The summed E-state index contributed by atoms with van der Waals surface area (Å²) in [5.41, 5.74) is 3.82. The number of ether oxygens (including phenoxy) is 1. The predicted octanol–water partition coefficient (Wildman–Crippen LogP) is 2.95. The summed E-state index contributed by atoms with van der Waals surface area (Å²) in [7, 11) is 0. The van der Waals surface area contributed by atoms with Crippen molar-refractivity contribution in [1.29, 1.82) is 0 Å². The first-order valence-electron chi connectivity index (χ1n) is 10.1. The van der Waals surface area contributed by atoms with E-state index in [4.69, 9.17) is 4.74 Å². The van der Waals surface area contributed by atoms with E-state index >= 15 is 0 Å². The lowest BCUT2D eigenvalue weighted by Crippen LogP contribution is -2.50. The van der Waals surface area contributed by atoms with Gasteiger partial charge in [0.1, 0.15) is 5.60 Å². The molecule has 1 saturated heterocycles. The monoisotopic (exact) mass is 409 g/mol. The zero-order chi connectivity index (χ0) is 21.3. The molecule has 0 atom stereocenters. The van der Waals surface area contributed by atoms with Gasteiger partial charge in [-0.25, -0.2) is 14.3 Å². The number of aliphatic hydroxyl groups is 1. The Balaban J connectivity index is 1.45. The number of carbonyl (C=O) groups is 1. The summed E-state index contributed by atoms with van der Waals surface area (Å²) >= 11 is 0. The van der Waals surface area contributed by atoms with E-state index in [0.29, 0.717) is 18.8 Å². The van der Waals surface area contributed by atoms with Gasteiger partial charge in [0.15, 0.2) is 5.65 Å². The second kappa shape index (κ2) is 7.95. The smallest absolute Gasteiger partial charge is 0.410 e. The summed E-state index contributed by atoms with van der Waals surface area (Å²) in [6.45, 7) is 8.26. The number of nitrogens with zero attached hydrogens (tertiary/aromatic N) is 5. The van der Waals surface area contributed by atoms with Crippen molar-refractivity contribution in [3.63, 3.8) is 0 Å². The molecule has 0 unspecified atom stereocenters. The maximum absolute atomic E-state index is 12.2. The Labute approximate surface area is 175 Å². The molecule has 0 radical (unpaired) electrons. The first kappa shape index (κ1) is 20.2. The molecular formula is C22H27N5O3. The molecule has 158 valence electrons. The number of amides is 1. The van der Waals surface area contributed by atoms with Crippen molar-refractivity contribution in [2.75, 3.05) is 31.1 Å². The SMILES string of the molecule is CC(C)(C)OC(=O)N1CCN(c2ccc(-c3cc4nccn4nc3CO)cc2)CC1. The number of aromatic nitrogens is 3. The van der Waals surface area contributed by atoms with Gasteiger partial charge in [0.25, 0.3) is 0 Å². The van der Waals surface area contributed by atoms with Gasteiger partial charge in [-0.1, -0.05) is 12.1 Å². The van der Waals surface area contributed by atoms with Gasteiger partial charge in [0.05, 0.1) is 12.3 Å². The molecule has 1 N–H and O–H groups in total. The second-order valence-corrected chi connectivity index (χ2v) is 8.39. The van der Waals surface area contributed by atoms with Gasteiger partial charge in [0.2, 0.25) is 0 Å². The lowest BCUT2D eigenvalue weighted by Gasteiger charge is -2.36. The van der Waals surface area contributed by atoms with Crippen LogP contribution in [0.1, 0.15) is 26.5 Å². The fourth-order valence-electron chi connectivity index (χ4n) is 3.58. The van der Waals surface area contributed by atoms with E-state index < -0.39 is 5.60 Å². The molecule has 2 aromatic heterocycles. The highest BCUT2D eigenvalue weighted by atomic mass is 16.6. The molecule has 3 heterocycles. The zero-order valence-corrected chi connectivity index (χ0v) is 17.6. The average Bonchev–Trinajstić information content (AvgIpc) is 3.19.